The van der Waals surface area contributed by atoms with E-state index in [1.54, 1.807) is 0 Å². The Balaban J connectivity index is 0. The molecule has 124 valence electrons. The fourth-order valence-electron chi connectivity index (χ4n) is 1.93. The molecule has 0 saturated heterocycles. The van der Waals surface area contributed by atoms with Crippen molar-refractivity contribution in [2.45, 2.75) is 63.8 Å². The van der Waals surface area contributed by atoms with Crippen LogP contribution >= 0.6 is 0 Å². The summed E-state index contributed by atoms with van der Waals surface area (Å²) in [4.78, 5) is 33.0. The summed E-state index contributed by atoms with van der Waals surface area (Å²) in [6.45, 7) is 0.511. The van der Waals surface area contributed by atoms with Crippen LogP contribution in [0, 0.1) is 0 Å². The van der Waals surface area contributed by atoms with Gasteiger partial charge in [-0.1, -0.05) is 12.8 Å². The monoisotopic (exact) mass is 326 g/mol. The van der Waals surface area contributed by atoms with Gasteiger partial charge in [0.25, 0.3) is 0 Å². The van der Waals surface area contributed by atoms with Crippen molar-refractivity contribution in [1.29, 1.82) is 0 Å². The van der Waals surface area contributed by atoms with Crippen LogP contribution in [0.3, 0.4) is 0 Å². The summed E-state index contributed by atoms with van der Waals surface area (Å²) in [5.41, 5.74) is 5.34. The topological polar surface area (TPSA) is 130 Å². The molecule has 0 fully saturated rings. The molecule has 0 spiro atoms. The summed E-state index contributed by atoms with van der Waals surface area (Å²) < 4.78 is 0. The summed E-state index contributed by atoms with van der Waals surface area (Å²) in [6, 6.07) is -0.851. The predicted octanol–water partition coefficient (Wildman–Crippen LogP) is 0.462. The molecule has 0 aliphatic rings. The zero-order valence-corrected chi connectivity index (χ0v) is 12.3. The van der Waals surface area contributed by atoms with Crippen molar-refractivity contribution in [1.82, 2.24) is 5.32 Å². The molecule has 0 aromatic rings. The van der Waals surface area contributed by atoms with Gasteiger partial charge in [-0.15, -0.1) is 0 Å². The first-order chi connectivity index (χ1) is 9.97. The van der Waals surface area contributed by atoms with E-state index >= 15 is 0 Å². The van der Waals surface area contributed by atoms with Gasteiger partial charge in [0.1, 0.15) is 6.04 Å². The van der Waals surface area contributed by atoms with Crippen molar-refractivity contribution in [3.05, 3.63) is 0 Å². The number of hydrogen-bond acceptors (Lipinski definition) is 4. The van der Waals surface area contributed by atoms with Crippen molar-refractivity contribution >= 4 is 47.4 Å². The molecule has 0 unspecified atom stereocenters. The molecule has 0 saturated carbocycles. The third-order valence-corrected chi connectivity index (χ3v) is 3.12. The maximum absolute atomic E-state index is 11.6. The van der Waals surface area contributed by atoms with Crippen LogP contribution in [0.5, 0.6) is 0 Å². The fraction of sp³-hybridized carbons (Fsp3) is 0.786. The van der Waals surface area contributed by atoms with Gasteiger partial charge < -0.3 is 21.3 Å². The number of carbonyl (C=O) groups excluding carboxylic acids is 1. The van der Waals surface area contributed by atoms with Crippen LogP contribution in [0.4, 0.5) is 0 Å². The maximum atomic E-state index is 11.6. The van der Waals surface area contributed by atoms with Crippen molar-refractivity contribution in [2.24, 2.45) is 5.73 Å². The second-order valence-corrected chi connectivity index (χ2v) is 5.05. The van der Waals surface area contributed by atoms with E-state index in [0.717, 1.165) is 19.3 Å². The molecule has 5 N–H and O–H groups in total. The van der Waals surface area contributed by atoms with Crippen molar-refractivity contribution < 1.29 is 24.6 Å². The first-order valence-electron chi connectivity index (χ1n) is 7.41. The number of carboxylic acid groups (broad SMARTS) is 2. The van der Waals surface area contributed by atoms with E-state index < -0.39 is 18.0 Å². The molecule has 0 heterocycles. The number of carboxylic acids is 2. The summed E-state index contributed by atoms with van der Waals surface area (Å²) in [5, 5.41) is 20.0. The number of hydrogen-bond donors (Lipinski definition) is 4. The zero-order chi connectivity index (χ0) is 16.1. The SMILES string of the molecule is NCCCC[C@H](NC(=O)CCCCCCC(=O)O)C(=O)O.[NaH]. The van der Waals surface area contributed by atoms with Gasteiger partial charge in [-0.25, -0.2) is 4.79 Å². The van der Waals surface area contributed by atoms with Crippen LogP contribution in [0.15, 0.2) is 0 Å². The van der Waals surface area contributed by atoms with Gasteiger partial charge in [-0.05, 0) is 38.6 Å². The minimum absolute atomic E-state index is 0. The van der Waals surface area contributed by atoms with Gasteiger partial charge in [0.05, 0.1) is 0 Å². The van der Waals surface area contributed by atoms with Crippen molar-refractivity contribution in [2.75, 3.05) is 6.54 Å². The average Bonchev–Trinajstić information content (AvgIpc) is 2.41. The molecule has 22 heavy (non-hydrogen) atoms. The Hall–Kier alpha value is -0.630. The third-order valence-electron chi connectivity index (χ3n) is 3.12. The fourth-order valence-corrected chi connectivity index (χ4v) is 1.93. The number of amides is 1. The van der Waals surface area contributed by atoms with Gasteiger partial charge in [0, 0.05) is 12.8 Å². The Morgan fingerprint density at radius 1 is 0.909 bits per heavy atom. The number of nitrogens with two attached hydrogens (primary N) is 1. The summed E-state index contributed by atoms with van der Waals surface area (Å²) in [5.74, 6) is -2.11. The molecule has 0 bridgehead atoms. The second kappa shape index (κ2) is 15.3. The third kappa shape index (κ3) is 14.3. The van der Waals surface area contributed by atoms with E-state index in [0.29, 0.717) is 32.2 Å². The summed E-state index contributed by atoms with van der Waals surface area (Å²) in [7, 11) is 0. The molecule has 0 aliphatic heterocycles. The predicted molar refractivity (Wildman–Crippen MR) is 85.0 cm³/mol. The molecule has 0 radical (unpaired) electrons. The van der Waals surface area contributed by atoms with E-state index in [1.807, 2.05) is 0 Å². The van der Waals surface area contributed by atoms with E-state index in [4.69, 9.17) is 15.9 Å². The quantitative estimate of drug-likeness (QED) is 0.287. The standard InChI is InChI=1S/C14H26N2O5.Na.H/c15-10-6-5-7-11(14(20)21)16-12(17)8-3-1-2-4-9-13(18)19;;/h11H,1-10,15H2,(H,16,17)(H,18,19)(H,20,21);;/t11-;;/m0../s1. The molecule has 8 heteroatoms. The molecular weight excluding hydrogens is 299 g/mol. The van der Waals surface area contributed by atoms with Crippen LogP contribution in [0.2, 0.25) is 0 Å². The van der Waals surface area contributed by atoms with E-state index in [2.05, 4.69) is 5.32 Å². The molecule has 1 atom stereocenters. The van der Waals surface area contributed by atoms with Crippen LogP contribution in [-0.2, 0) is 14.4 Å². The van der Waals surface area contributed by atoms with Gasteiger partial charge in [0.15, 0.2) is 0 Å². The zero-order valence-electron chi connectivity index (χ0n) is 12.3. The Bertz CT molecular complexity index is 339. The van der Waals surface area contributed by atoms with Gasteiger partial charge in [0.2, 0.25) is 5.91 Å². The van der Waals surface area contributed by atoms with E-state index in [-0.39, 0.29) is 48.3 Å². The van der Waals surface area contributed by atoms with E-state index in [9.17, 15) is 14.4 Å². The molecule has 1 amide bonds. The van der Waals surface area contributed by atoms with Crippen LogP contribution in [0.1, 0.15) is 57.8 Å². The molecule has 0 aromatic carbocycles. The average molecular weight is 326 g/mol. The van der Waals surface area contributed by atoms with Gasteiger partial charge >= 0.3 is 41.5 Å². The molecule has 0 aromatic heterocycles. The van der Waals surface area contributed by atoms with Crippen LogP contribution in [-0.4, -0.2) is 70.2 Å². The number of rotatable bonds is 13. The van der Waals surface area contributed by atoms with Crippen LogP contribution < -0.4 is 11.1 Å². The molecular formula is C14H27N2NaO5. The Morgan fingerprint density at radius 3 is 2.00 bits per heavy atom. The van der Waals surface area contributed by atoms with Crippen molar-refractivity contribution in [3.8, 4) is 0 Å². The first kappa shape index (κ1) is 23.6. The Kier molecular flexibility index (Phi) is 16.4. The number of carbonyl (C=O) groups is 3. The van der Waals surface area contributed by atoms with Gasteiger partial charge in [-0.3, -0.25) is 9.59 Å². The number of aliphatic carboxylic acids is 2. The number of unbranched alkanes of at least 4 members (excludes halogenated alkanes) is 4. The van der Waals surface area contributed by atoms with E-state index in [1.165, 1.54) is 0 Å². The van der Waals surface area contributed by atoms with Gasteiger partial charge in [-0.2, -0.15) is 0 Å². The van der Waals surface area contributed by atoms with Crippen molar-refractivity contribution in [3.63, 3.8) is 0 Å². The first-order valence-corrected chi connectivity index (χ1v) is 7.41. The molecule has 0 rings (SSSR count). The Morgan fingerprint density at radius 2 is 1.50 bits per heavy atom. The normalized spacial score (nSPS) is 11.3. The minimum atomic E-state index is -1.03. The van der Waals surface area contributed by atoms with Crippen LogP contribution in [0.25, 0.3) is 0 Å². The summed E-state index contributed by atoms with van der Waals surface area (Å²) >= 11 is 0. The Labute approximate surface area is 153 Å². The number of nitrogens with one attached hydrogen (secondary N) is 1. The second-order valence-electron chi connectivity index (χ2n) is 5.05. The summed E-state index contributed by atoms with van der Waals surface area (Å²) in [6.07, 6.45) is 4.99. The molecule has 0 aliphatic carbocycles. The molecule has 7 nitrogen and oxygen atoms in total.